The summed E-state index contributed by atoms with van der Waals surface area (Å²) in [4.78, 5) is 0. The number of benzene rings is 1. The van der Waals surface area contributed by atoms with Crippen LogP contribution in [0.5, 0.6) is 5.75 Å². The normalized spacial score (nSPS) is 40.5. The molecule has 182 valence electrons. The van der Waals surface area contributed by atoms with Crippen molar-refractivity contribution in [3.8, 4) is 5.75 Å². The molecule has 3 saturated carbocycles. The van der Waals surface area contributed by atoms with Gasteiger partial charge in [-0.3, -0.25) is 0 Å². The number of aromatic hydroxyl groups is 1. The molecule has 1 heteroatoms. The summed E-state index contributed by atoms with van der Waals surface area (Å²) < 4.78 is 0. The van der Waals surface area contributed by atoms with Crippen LogP contribution in [0, 0.1) is 34.5 Å². The van der Waals surface area contributed by atoms with Gasteiger partial charge < -0.3 is 5.11 Å². The van der Waals surface area contributed by atoms with Crippen LogP contribution in [0.15, 0.2) is 17.7 Å². The van der Waals surface area contributed by atoms with Crippen LogP contribution < -0.4 is 10.4 Å². The highest BCUT2D eigenvalue weighted by molar-refractivity contribution is 5.60. The van der Waals surface area contributed by atoms with E-state index >= 15 is 0 Å². The summed E-state index contributed by atoms with van der Waals surface area (Å²) in [5.74, 6) is 1.15. The number of hydrogen-bond donors (Lipinski definition) is 1. The highest BCUT2D eigenvalue weighted by Crippen LogP contribution is 2.74. The first kappa shape index (κ1) is 24.6. The predicted octanol–water partition coefficient (Wildman–Crippen LogP) is 7.55. The van der Waals surface area contributed by atoms with E-state index in [1.165, 1.54) is 55.7 Å². The van der Waals surface area contributed by atoms with Crippen LogP contribution in [0.3, 0.4) is 0 Å². The SMILES string of the molecule is C=c1cc2c(c(C)c1O)=CC=C1C2(C)CC[C@@]2(C)C3CC(C)(C)CCC3(C)CCC12C.CC. The van der Waals surface area contributed by atoms with E-state index in [-0.39, 0.29) is 10.8 Å². The smallest absolute Gasteiger partial charge is 0.125 e. The predicted molar refractivity (Wildman–Crippen MR) is 143 cm³/mol. The molecule has 33 heavy (non-hydrogen) atoms. The van der Waals surface area contributed by atoms with Crippen LogP contribution in [-0.4, -0.2) is 5.11 Å². The molecule has 1 aromatic rings. The Kier molecular flexibility index (Phi) is 5.59. The van der Waals surface area contributed by atoms with Gasteiger partial charge in [-0.25, -0.2) is 0 Å². The van der Waals surface area contributed by atoms with Crippen molar-refractivity contribution in [2.75, 3.05) is 0 Å². The van der Waals surface area contributed by atoms with Gasteiger partial charge in [0.15, 0.2) is 0 Å². The number of rotatable bonds is 0. The van der Waals surface area contributed by atoms with E-state index in [1.54, 1.807) is 5.57 Å². The Balaban J connectivity index is 0.00000126. The minimum atomic E-state index is 0.0428. The largest absolute Gasteiger partial charge is 0.507 e. The van der Waals surface area contributed by atoms with Crippen molar-refractivity contribution >= 4 is 12.7 Å². The molecular formula is C32H48O. The van der Waals surface area contributed by atoms with Crippen molar-refractivity contribution < 1.29 is 5.11 Å². The van der Waals surface area contributed by atoms with E-state index in [0.717, 1.165) is 16.7 Å². The van der Waals surface area contributed by atoms with Gasteiger partial charge in [0.05, 0.1) is 0 Å². The molecule has 5 rings (SSSR count). The third kappa shape index (κ3) is 3.16. The van der Waals surface area contributed by atoms with Crippen molar-refractivity contribution in [3.05, 3.63) is 39.3 Å². The van der Waals surface area contributed by atoms with Gasteiger partial charge >= 0.3 is 0 Å². The fraction of sp³-hybridized carbons (Fsp3) is 0.688. The van der Waals surface area contributed by atoms with Crippen LogP contribution in [0.25, 0.3) is 12.7 Å². The number of phenols is 1. The van der Waals surface area contributed by atoms with E-state index in [9.17, 15) is 5.11 Å². The molecule has 0 amide bonds. The summed E-state index contributed by atoms with van der Waals surface area (Å²) in [6, 6.07) is 2.18. The topological polar surface area (TPSA) is 20.2 Å². The average Bonchev–Trinajstić information content (AvgIpc) is 2.77. The molecule has 0 saturated heterocycles. The second-order valence-corrected chi connectivity index (χ2v) is 13.4. The van der Waals surface area contributed by atoms with Gasteiger partial charge in [0, 0.05) is 10.6 Å². The van der Waals surface area contributed by atoms with Crippen LogP contribution in [-0.2, 0) is 5.41 Å². The van der Waals surface area contributed by atoms with Gasteiger partial charge in [0.1, 0.15) is 5.75 Å². The highest BCUT2D eigenvalue weighted by Gasteiger charge is 2.65. The Hall–Kier alpha value is -1.50. The van der Waals surface area contributed by atoms with E-state index in [0.29, 0.717) is 22.0 Å². The fourth-order valence-electron chi connectivity index (χ4n) is 8.72. The molecule has 0 aromatic heterocycles. The molecule has 4 unspecified atom stereocenters. The Morgan fingerprint density at radius 2 is 1.52 bits per heavy atom. The molecular weight excluding hydrogens is 400 g/mol. The van der Waals surface area contributed by atoms with E-state index in [4.69, 9.17) is 0 Å². The van der Waals surface area contributed by atoms with Crippen LogP contribution in [0.1, 0.15) is 111 Å². The fourth-order valence-corrected chi connectivity index (χ4v) is 8.72. The first-order valence-electron chi connectivity index (χ1n) is 13.5. The Morgan fingerprint density at radius 3 is 2.18 bits per heavy atom. The summed E-state index contributed by atoms with van der Waals surface area (Å²) in [6.07, 6.45) is 14.1. The second kappa shape index (κ2) is 7.50. The molecule has 1 nitrogen and oxygen atoms in total. The lowest BCUT2D eigenvalue weighted by molar-refractivity contribution is -0.156. The first-order valence-corrected chi connectivity index (χ1v) is 13.5. The molecule has 1 N–H and O–H groups in total. The van der Waals surface area contributed by atoms with Gasteiger partial charge in [-0.05, 0) is 102 Å². The lowest BCUT2D eigenvalue weighted by Gasteiger charge is -2.69. The third-order valence-corrected chi connectivity index (χ3v) is 11.2. The molecule has 4 aliphatic rings. The minimum absolute atomic E-state index is 0.0428. The monoisotopic (exact) mass is 448 g/mol. The maximum atomic E-state index is 10.5. The van der Waals surface area contributed by atoms with Crippen molar-refractivity contribution in [1.29, 1.82) is 0 Å². The zero-order chi connectivity index (χ0) is 24.6. The Labute approximate surface area is 203 Å². The Morgan fingerprint density at radius 1 is 0.879 bits per heavy atom. The van der Waals surface area contributed by atoms with Crippen molar-refractivity contribution in [2.24, 2.45) is 27.6 Å². The average molecular weight is 449 g/mol. The van der Waals surface area contributed by atoms with Crippen LogP contribution in [0.2, 0.25) is 0 Å². The molecule has 5 atom stereocenters. The number of allylic oxidation sites excluding steroid dienone is 2. The number of hydrogen-bond acceptors (Lipinski definition) is 1. The van der Waals surface area contributed by atoms with E-state index in [1.807, 2.05) is 20.8 Å². The molecule has 1 aromatic carbocycles. The van der Waals surface area contributed by atoms with Gasteiger partial charge in [-0.1, -0.05) is 79.7 Å². The maximum Gasteiger partial charge on any atom is 0.125 e. The summed E-state index contributed by atoms with van der Waals surface area (Å²) in [6.45, 7) is 25.6. The zero-order valence-corrected chi connectivity index (χ0v) is 22.9. The van der Waals surface area contributed by atoms with Gasteiger partial charge in [0.2, 0.25) is 0 Å². The molecule has 0 bridgehead atoms. The van der Waals surface area contributed by atoms with Gasteiger partial charge in [0.25, 0.3) is 0 Å². The van der Waals surface area contributed by atoms with Gasteiger partial charge in [-0.15, -0.1) is 0 Å². The Bertz CT molecular complexity index is 1110. The number of fused-ring (bicyclic) bond motifs is 7. The quantitative estimate of drug-likeness (QED) is 0.434. The lowest BCUT2D eigenvalue weighted by atomic mass is 9.35. The standard InChI is InChI=1S/C30H42O.C2H6/c1-19-17-22-21(20(2)25(19)31)9-10-23-28(22,6)14-16-30(8)24-18-26(3,4)11-12-27(24,5)13-15-29(23,30)7;1-2/h9-10,17,24,31H,1,11-16,18H2,2-8H3;1-2H3/t24?,27?,28?,29?,30-;/m0./s1. The van der Waals surface area contributed by atoms with Crippen molar-refractivity contribution in [1.82, 2.24) is 0 Å². The summed E-state index contributed by atoms with van der Waals surface area (Å²) in [5.41, 5.74) is 5.60. The first-order chi connectivity index (χ1) is 15.3. The zero-order valence-electron chi connectivity index (χ0n) is 22.9. The molecule has 0 spiro atoms. The molecule has 0 aliphatic heterocycles. The third-order valence-electron chi connectivity index (χ3n) is 11.2. The summed E-state index contributed by atoms with van der Waals surface area (Å²) in [7, 11) is 0. The molecule has 4 aliphatic carbocycles. The van der Waals surface area contributed by atoms with Crippen LogP contribution in [0.4, 0.5) is 0 Å². The molecule has 0 heterocycles. The van der Waals surface area contributed by atoms with E-state index in [2.05, 4.69) is 66.3 Å². The second-order valence-electron chi connectivity index (χ2n) is 13.4. The van der Waals surface area contributed by atoms with Crippen LogP contribution >= 0.6 is 0 Å². The summed E-state index contributed by atoms with van der Waals surface area (Å²) in [5, 5.41) is 12.5. The number of phenolic OH excluding ortho intramolecular Hbond substituents is 1. The maximum absolute atomic E-state index is 10.5. The molecule has 3 fully saturated rings. The van der Waals surface area contributed by atoms with Crippen molar-refractivity contribution in [3.63, 3.8) is 0 Å². The van der Waals surface area contributed by atoms with Crippen molar-refractivity contribution in [2.45, 2.75) is 113 Å². The molecule has 0 radical (unpaired) electrons. The minimum Gasteiger partial charge on any atom is -0.507 e. The van der Waals surface area contributed by atoms with Gasteiger partial charge in [-0.2, -0.15) is 0 Å². The highest BCUT2D eigenvalue weighted by atomic mass is 16.3. The summed E-state index contributed by atoms with van der Waals surface area (Å²) >= 11 is 0. The lowest BCUT2D eigenvalue weighted by Crippen LogP contribution is -2.62. The van der Waals surface area contributed by atoms with E-state index < -0.39 is 0 Å².